The molecule has 0 aromatic carbocycles. The van der Waals surface area contributed by atoms with E-state index in [1.54, 1.807) is 7.05 Å². The van der Waals surface area contributed by atoms with Crippen LogP contribution in [0.4, 0.5) is 0 Å². The molecule has 8 heteroatoms. The standard InChI is InChI=1S/C11H18ClN3O3S/c1-15-7-13-11(10(15)12)19(17,18)14-5-8-3-2-4-9(8)6-16/h7-9,14,16H,2-6H2,1H3. The van der Waals surface area contributed by atoms with Crippen molar-refractivity contribution in [1.29, 1.82) is 0 Å². The number of nitrogens with zero attached hydrogens (tertiary/aromatic N) is 2. The van der Waals surface area contributed by atoms with Gasteiger partial charge in [0.1, 0.15) is 5.15 Å². The third kappa shape index (κ3) is 3.10. The topological polar surface area (TPSA) is 84.2 Å². The second-order valence-corrected chi connectivity index (χ2v) is 6.98. The van der Waals surface area contributed by atoms with Gasteiger partial charge in [0.15, 0.2) is 0 Å². The summed E-state index contributed by atoms with van der Waals surface area (Å²) in [5.41, 5.74) is 0. The third-order valence-corrected chi connectivity index (χ3v) is 5.59. The van der Waals surface area contributed by atoms with Gasteiger partial charge in [0.2, 0.25) is 5.03 Å². The number of rotatable bonds is 5. The number of imidazole rings is 1. The summed E-state index contributed by atoms with van der Waals surface area (Å²) < 4.78 is 28.2. The highest BCUT2D eigenvalue weighted by Crippen LogP contribution is 2.31. The number of aliphatic hydroxyl groups is 1. The Bertz CT molecular complexity index is 543. The van der Waals surface area contributed by atoms with E-state index in [4.69, 9.17) is 11.6 Å². The molecule has 2 unspecified atom stereocenters. The van der Waals surface area contributed by atoms with Gasteiger partial charge in [0.05, 0.1) is 6.33 Å². The van der Waals surface area contributed by atoms with Crippen molar-refractivity contribution in [3.05, 3.63) is 11.5 Å². The smallest absolute Gasteiger partial charge is 0.261 e. The third-order valence-electron chi connectivity index (χ3n) is 3.68. The number of aromatic nitrogens is 2. The van der Waals surface area contributed by atoms with Crippen LogP contribution in [0.25, 0.3) is 0 Å². The van der Waals surface area contributed by atoms with Crippen molar-refractivity contribution in [2.75, 3.05) is 13.2 Å². The van der Waals surface area contributed by atoms with E-state index in [0.717, 1.165) is 19.3 Å². The summed E-state index contributed by atoms with van der Waals surface area (Å²) in [7, 11) is -2.05. The van der Waals surface area contributed by atoms with Crippen LogP contribution >= 0.6 is 11.6 Å². The first kappa shape index (κ1) is 14.8. The van der Waals surface area contributed by atoms with Crippen LogP contribution in [-0.2, 0) is 17.1 Å². The van der Waals surface area contributed by atoms with Crippen LogP contribution in [0.5, 0.6) is 0 Å². The van der Waals surface area contributed by atoms with E-state index in [1.165, 1.54) is 10.9 Å². The minimum absolute atomic E-state index is 0.0950. The lowest BCUT2D eigenvalue weighted by molar-refractivity contribution is 0.195. The lowest BCUT2D eigenvalue weighted by atomic mass is 9.97. The second-order valence-electron chi connectivity index (χ2n) is 4.94. The summed E-state index contributed by atoms with van der Waals surface area (Å²) in [6, 6.07) is 0. The molecule has 0 radical (unpaired) electrons. The number of aliphatic hydroxyl groups excluding tert-OH is 1. The number of hydrogen-bond donors (Lipinski definition) is 2. The lowest BCUT2D eigenvalue weighted by Gasteiger charge is -2.17. The minimum Gasteiger partial charge on any atom is -0.396 e. The van der Waals surface area contributed by atoms with Crippen molar-refractivity contribution < 1.29 is 13.5 Å². The van der Waals surface area contributed by atoms with Gasteiger partial charge in [-0.1, -0.05) is 18.0 Å². The predicted molar refractivity (Wildman–Crippen MR) is 71.3 cm³/mol. The fraction of sp³-hybridized carbons (Fsp3) is 0.727. The maximum Gasteiger partial charge on any atom is 0.261 e. The Labute approximate surface area is 117 Å². The zero-order valence-electron chi connectivity index (χ0n) is 10.7. The molecule has 0 spiro atoms. The molecule has 1 aliphatic carbocycles. The molecule has 1 saturated carbocycles. The summed E-state index contributed by atoms with van der Waals surface area (Å²) in [6.07, 6.45) is 4.28. The molecule has 1 fully saturated rings. The average molecular weight is 308 g/mol. The Balaban J connectivity index is 2.04. The van der Waals surface area contributed by atoms with Gasteiger partial charge in [-0.3, -0.25) is 0 Å². The molecule has 1 aromatic heterocycles. The van der Waals surface area contributed by atoms with Gasteiger partial charge in [0, 0.05) is 20.2 Å². The fourth-order valence-corrected chi connectivity index (χ4v) is 4.00. The first-order valence-electron chi connectivity index (χ1n) is 6.23. The second kappa shape index (κ2) is 5.78. The van der Waals surface area contributed by atoms with Crippen LogP contribution in [0.2, 0.25) is 5.15 Å². The van der Waals surface area contributed by atoms with Crippen molar-refractivity contribution in [3.8, 4) is 0 Å². The van der Waals surface area contributed by atoms with Crippen LogP contribution < -0.4 is 4.72 Å². The molecular formula is C11H18ClN3O3S. The summed E-state index contributed by atoms with van der Waals surface area (Å²) in [5, 5.41) is 9.17. The average Bonchev–Trinajstić information content (AvgIpc) is 2.95. The zero-order valence-corrected chi connectivity index (χ0v) is 12.3. The molecular weight excluding hydrogens is 290 g/mol. The largest absolute Gasteiger partial charge is 0.396 e. The van der Waals surface area contributed by atoms with E-state index in [2.05, 4.69) is 9.71 Å². The van der Waals surface area contributed by atoms with E-state index >= 15 is 0 Å². The summed E-state index contributed by atoms with van der Waals surface area (Å²) in [5.74, 6) is 0.365. The predicted octanol–water partition coefficient (Wildman–Crippen LogP) is 0.760. The van der Waals surface area contributed by atoms with Crippen LogP contribution in [0, 0.1) is 11.8 Å². The van der Waals surface area contributed by atoms with Crippen molar-refractivity contribution in [2.24, 2.45) is 18.9 Å². The SMILES string of the molecule is Cn1cnc(S(=O)(=O)NCC2CCCC2CO)c1Cl. The fourth-order valence-electron chi connectivity index (χ4n) is 2.48. The summed E-state index contributed by atoms with van der Waals surface area (Å²) in [6.45, 7) is 0.428. The Morgan fingerprint density at radius 3 is 2.79 bits per heavy atom. The number of nitrogens with one attached hydrogen (secondary N) is 1. The Morgan fingerprint density at radius 1 is 1.53 bits per heavy atom. The van der Waals surface area contributed by atoms with Gasteiger partial charge in [-0.15, -0.1) is 0 Å². The van der Waals surface area contributed by atoms with Crippen LogP contribution in [0.3, 0.4) is 0 Å². The molecule has 108 valence electrons. The Kier molecular flexibility index (Phi) is 4.50. The molecule has 2 rings (SSSR count). The normalized spacial score (nSPS) is 23.9. The molecule has 2 atom stereocenters. The van der Waals surface area contributed by atoms with E-state index in [9.17, 15) is 13.5 Å². The molecule has 19 heavy (non-hydrogen) atoms. The molecule has 1 aromatic rings. The van der Waals surface area contributed by atoms with Gasteiger partial charge in [-0.05, 0) is 24.7 Å². The van der Waals surface area contributed by atoms with Gasteiger partial charge >= 0.3 is 0 Å². The minimum atomic E-state index is -3.68. The van der Waals surface area contributed by atoms with Crippen LogP contribution in [0.1, 0.15) is 19.3 Å². The van der Waals surface area contributed by atoms with E-state index < -0.39 is 10.0 Å². The van der Waals surface area contributed by atoms with Gasteiger partial charge in [-0.2, -0.15) is 0 Å². The molecule has 0 bridgehead atoms. The van der Waals surface area contributed by atoms with Crippen molar-refractivity contribution in [3.63, 3.8) is 0 Å². The molecule has 2 N–H and O–H groups in total. The zero-order chi connectivity index (χ0) is 14.0. The lowest BCUT2D eigenvalue weighted by Crippen LogP contribution is -2.32. The quantitative estimate of drug-likeness (QED) is 0.841. The highest BCUT2D eigenvalue weighted by molar-refractivity contribution is 7.89. The monoisotopic (exact) mass is 307 g/mol. The van der Waals surface area contributed by atoms with Crippen molar-refractivity contribution in [2.45, 2.75) is 24.3 Å². The Morgan fingerprint density at radius 2 is 2.21 bits per heavy atom. The molecule has 6 nitrogen and oxygen atoms in total. The molecule has 1 aliphatic rings. The molecule has 0 saturated heterocycles. The molecule has 0 aliphatic heterocycles. The van der Waals surface area contributed by atoms with Crippen LogP contribution in [-0.4, -0.2) is 36.2 Å². The molecule has 1 heterocycles. The maximum absolute atomic E-state index is 12.1. The van der Waals surface area contributed by atoms with Crippen molar-refractivity contribution >= 4 is 21.6 Å². The number of sulfonamides is 1. The highest BCUT2D eigenvalue weighted by atomic mass is 35.5. The van der Waals surface area contributed by atoms with Gasteiger partial charge in [0.25, 0.3) is 10.0 Å². The van der Waals surface area contributed by atoms with E-state index in [-0.39, 0.29) is 28.6 Å². The van der Waals surface area contributed by atoms with Crippen molar-refractivity contribution in [1.82, 2.24) is 14.3 Å². The molecule has 0 amide bonds. The van der Waals surface area contributed by atoms with E-state index in [0.29, 0.717) is 6.54 Å². The summed E-state index contributed by atoms with van der Waals surface area (Å²) in [4.78, 5) is 3.80. The van der Waals surface area contributed by atoms with Gasteiger partial charge < -0.3 is 9.67 Å². The van der Waals surface area contributed by atoms with E-state index in [1.807, 2.05) is 0 Å². The number of aryl methyl sites for hydroxylation is 1. The number of halogens is 1. The summed E-state index contributed by atoms with van der Waals surface area (Å²) >= 11 is 5.89. The van der Waals surface area contributed by atoms with Crippen LogP contribution in [0.15, 0.2) is 11.4 Å². The number of hydrogen-bond acceptors (Lipinski definition) is 4. The highest BCUT2D eigenvalue weighted by Gasteiger charge is 2.29. The Hall–Kier alpha value is -0.630. The van der Waals surface area contributed by atoms with Gasteiger partial charge in [-0.25, -0.2) is 18.1 Å². The first-order chi connectivity index (χ1) is 8.95. The first-order valence-corrected chi connectivity index (χ1v) is 8.09. The maximum atomic E-state index is 12.1.